The van der Waals surface area contributed by atoms with Gasteiger partial charge in [-0.1, -0.05) is 60.7 Å². The van der Waals surface area contributed by atoms with Crippen molar-refractivity contribution >= 4 is 23.7 Å². The third-order valence-corrected chi connectivity index (χ3v) is 7.50. The number of carbonyl (C=O) groups is 4. The maximum atomic E-state index is 13.5. The molecule has 2 fully saturated rings. The minimum Gasteiger partial charge on any atom is -0.480 e. The van der Waals surface area contributed by atoms with Crippen LogP contribution in [0.5, 0.6) is 0 Å². The van der Waals surface area contributed by atoms with E-state index >= 15 is 0 Å². The minimum atomic E-state index is -1.09. The Morgan fingerprint density at radius 3 is 2.25 bits per heavy atom. The highest BCUT2D eigenvalue weighted by Gasteiger charge is 2.44. The number of carbonyl (C=O) groups excluding carboxylic acids is 3. The highest BCUT2D eigenvalue weighted by atomic mass is 16.5. The van der Waals surface area contributed by atoms with Gasteiger partial charge in [0.25, 0.3) is 0 Å². The molecule has 0 spiro atoms. The van der Waals surface area contributed by atoms with Crippen LogP contribution in [-0.4, -0.2) is 95.6 Å². The molecule has 0 aromatic heterocycles. The number of carboxylic acids is 1. The van der Waals surface area contributed by atoms with Gasteiger partial charge in [0.05, 0.1) is 19.8 Å². The first kappa shape index (κ1) is 29.2. The van der Waals surface area contributed by atoms with Crippen LogP contribution in [0.3, 0.4) is 0 Å². The lowest BCUT2D eigenvalue weighted by atomic mass is 10.0. The first-order valence-electron chi connectivity index (χ1n) is 13.8. The zero-order valence-electron chi connectivity index (χ0n) is 22.8. The normalized spacial score (nSPS) is 21.0. The van der Waals surface area contributed by atoms with Gasteiger partial charge in [0, 0.05) is 25.6 Å². The largest absolute Gasteiger partial charge is 0.480 e. The third-order valence-electron chi connectivity index (χ3n) is 7.50. The average molecular weight is 551 g/mol. The number of amides is 3. The van der Waals surface area contributed by atoms with Gasteiger partial charge in [-0.15, -0.1) is 0 Å². The molecule has 2 aromatic carbocycles. The van der Waals surface area contributed by atoms with E-state index in [9.17, 15) is 24.3 Å². The van der Waals surface area contributed by atoms with E-state index in [2.05, 4.69) is 10.6 Å². The Labute approximate surface area is 234 Å². The van der Waals surface area contributed by atoms with E-state index in [1.54, 1.807) is 6.92 Å². The summed E-state index contributed by atoms with van der Waals surface area (Å²) in [5.41, 5.74) is 1.84. The molecular weight excluding hydrogens is 512 g/mol. The molecule has 0 saturated carbocycles. The number of hydrogen-bond donors (Lipinski definition) is 3. The predicted molar refractivity (Wildman–Crippen MR) is 148 cm³/mol. The fourth-order valence-corrected chi connectivity index (χ4v) is 5.38. The highest BCUT2D eigenvalue weighted by molar-refractivity contribution is 5.95. The first-order chi connectivity index (χ1) is 19.3. The lowest BCUT2D eigenvalue weighted by Gasteiger charge is -2.29. The van der Waals surface area contributed by atoms with Crippen molar-refractivity contribution in [3.63, 3.8) is 0 Å². The number of carboxylic acid groups (broad SMARTS) is 1. The van der Waals surface area contributed by atoms with E-state index in [0.29, 0.717) is 39.1 Å². The lowest BCUT2D eigenvalue weighted by molar-refractivity contribution is -0.150. The molecule has 0 aliphatic carbocycles. The number of aryl methyl sites for hydroxylation is 1. The summed E-state index contributed by atoms with van der Waals surface area (Å²) in [4.78, 5) is 55.3. The van der Waals surface area contributed by atoms with Gasteiger partial charge in [-0.05, 0) is 37.3 Å². The summed E-state index contributed by atoms with van der Waals surface area (Å²) in [6, 6.07) is 15.7. The molecular formula is C30H38N4O6. The molecule has 0 bridgehead atoms. The fourth-order valence-electron chi connectivity index (χ4n) is 5.38. The van der Waals surface area contributed by atoms with Gasteiger partial charge in [0.1, 0.15) is 18.1 Å². The molecule has 4 rings (SSSR count). The summed E-state index contributed by atoms with van der Waals surface area (Å²) in [6.07, 6.45) is 1.38. The topological polar surface area (TPSA) is 128 Å². The standard InChI is InChI=1S/C30H38N4O6/c1-21-18-25(29(37)34(21)26(30(38)39)19-23-10-6-3-7-11-23)32-28(36)24(13-12-22-8-4-2-5-9-22)31-27(35)20-33-14-16-40-17-15-33/h2-11,21,24-26H,12-20H2,1H3,(H,31,35)(H,32,36)(H,38,39)/t21?,24-,25-,26-/m0/s1. The van der Waals surface area contributed by atoms with Crippen LogP contribution in [0, 0.1) is 0 Å². The van der Waals surface area contributed by atoms with Crippen LogP contribution in [0.25, 0.3) is 0 Å². The van der Waals surface area contributed by atoms with Gasteiger partial charge in [0.2, 0.25) is 17.7 Å². The molecule has 214 valence electrons. The number of nitrogens with zero attached hydrogens (tertiary/aromatic N) is 2. The monoisotopic (exact) mass is 550 g/mol. The van der Waals surface area contributed by atoms with Gasteiger partial charge in [-0.3, -0.25) is 19.3 Å². The fraction of sp³-hybridized carbons (Fsp3) is 0.467. The molecule has 2 aromatic rings. The Hall–Kier alpha value is -3.76. The second-order valence-electron chi connectivity index (χ2n) is 10.5. The van der Waals surface area contributed by atoms with E-state index in [4.69, 9.17) is 4.74 Å². The van der Waals surface area contributed by atoms with Crippen molar-refractivity contribution in [2.24, 2.45) is 0 Å². The van der Waals surface area contributed by atoms with Crippen LogP contribution in [-0.2, 0) is 36.8 Å². The van der Waals surface area contributed by atoms with E-state index in [0.717, 1.165) is 11.1 Å². The molecule has 3 N–H and O–H groups in total. The molecule has 40 heavy (non-hydrogen) atoms. The molecule has 3 amide bonds. The summed E-state index contributed by atoms with van der Waals surface area (Å²) in [5.74, 6) is -2.23. The van der Waals surface area contributed by atoms with Crippen molar-refractivity contribution in [3.05, 3.63) is 71.8 Å². The van der Waals surface area contributed by atoms with Crippen molar-refractivity contribution < 1.29 is 29.0 Å². The summed E-state index contributed by atoms with van der Waals surface area (Å²) in [6.45, 7) is 4.36. The lowest BCUT2D eigenvalue weighted by Crippen LogP contribution is -2.54. The van der Waals surface area contributed by atoms with Crippen molar-refractivity contribution in [1.82, 2.24) is 20.4 Å². The van der Waals surface area contributed by atoms with Gasteiger partial charge >= 0.3 is 5.97 Å². The molecule has 4 atom stereocenters. The molecule has 0 radical (unpaired) electrons. The molecule has 2 aliphatic rings. The Bertz CT molecular complexity index is 1160. The van der Waals surface area contributed by atoms with E-state index < -0.39 is 35.9 Å². The molecule has 10 nitrogen and oxygen atoms in total. The van der Waals surface area contributed by atoms with Crippen molar-refractivity contribution in [1.29, 1.82) is 0 Å². The molecule has 2 saturated heterocycles. The van der Waals surface area contributed by atoms with E-state index in [1.165, 1.54) is 4.90 Å². The number of ether oxygens (including phenoxy) is 1. The number of benzene rings is 2. The van der Waals surface area contributed by atoms with E-state index in [1.807, 2.05) is 65.6 Å². The number of aliphatic carboxylic acids is 1. The number of morpholine rings is 1. The number of likely N-dealkylation sites (tertiary alicyclic amines) is 1. The zero-order valence-corrected chi connectivity index (χ0v) is 22.8. The summed E-state index contributed by atoms with van der Waals surface area (Å²) in [7, 11) is 0. The number of nitrogens with one attached hydrogen (secondary N) is 2. The molecule has 2 heterocycles. The molecule has 10 heteroatoms. The van der Waals surface area contributed by atoms with Gasteiger partial charge < -0.3 is 25.4 Å². The Balaban J connectivity index is 1.42. The molecule has 1 unspecified atom stereocenters. The number of hydrogen-bond acceptors (Lipinski definition) is 6. The van der Waals surface area contributed by atoms with Gasteiger partial charge in [0.15, 0.2) is 0 Å². The van der Waals surface area contributed by atoms with Crippen molar-refractivity contribution in [3.8, 4) is 0 Å². The number of rotatable bonds is 12. The Kier molecular flexibility index (Phi) is 10.3. The van der Waals surface area contributed by atoms with Crippen LogP contribution in [0.4, 0.5) is 0 Å². The van der Waals surface area contributed by atoms with Crippen LogP contribution in [0.1, 0.15) is 30.9 Å². The third kappa shape index (κ3) is 7.89. The van der Waals surface area contributed by atoms with Crippen LogP contribution < -0.4 is 10.6 Å². The quantitative estimate of drug-likeness (QED) is 0.363. The van der Waals surface area contributed by atoms with Crippen molar-refractivity contribution in [2.75, 3.05) is 32.8 Å². The van der Waals surface area contributed by atoms with Crippen molar-refractivity contribution in [2.45, 2.75) is 56.8 Å². The SMILES string of the molecule is CC1C[C@H](NC(=O)[C@H](CCc2ccccc2)NC(=O)CN2CCOCC2)C(=O)N1[C@@H](Cc1ccccc1)C(=O)O. The Morgan fingerprint density at radius 1 is 1.00 bits per heavy atom. The molecule has 2 aliphatic heterocycles. The Morgan fingerprint density at radius 2 is 1.62 bits per heavy atom. The summed E-state index contributed by atoms with van der Waals surface area (Å²) >= 11 is 0. The van der Waals surface area contributed by atoms with Gasteiger partial charge in [-0.2, -0.15) is 0 Å². The summed E-state index contributed by atoms with van der Waals surface area (Å²) < 4.78 is 5.34. The van der Waals surface area contributed by atoms with Crippen LogP contribution in [0.2, 0.25) is 0 Å². The average Bonchev–Trinajstić information content (AvgIpc) is 3.22. The minimum absolute atomic E-state index is 0.158. The van der Waals surface area contributed by atoms with Gasteiger partial charge in [-0.25, -0.2) is 4.79 Å². The maximum Gasteiger partial charge on any atom is 0.326 e. The second-order valence-corrected chi connectivity index (χ2v) is 10.5. The predicted octanol–water partition coefficient (Wildman–Crippen LogP) is 1.24. The van der Waals surface area contributed by atoms with E-state index in [-0.39, 0.29) is 31.3 Å². The summed E-state index contributed by atoms with van der Waals surface area (Å²) in [5, 5.41) is 15.6. The van der Waals surface area contributed by atoms with Crippen LogP contribution >= 0.6 is 0 Å². The smallest absolute Gasteiger partial charge is 0.326 e. The zero-order chi connectivity index (χ0) is 28.5. The highest BCUT2D eigenvalue weighted by Crippen LogP contribution is 2.24. The van der Waals surface area contributed by atoms with Crippen LogP contribution in [0.15, 0.2) is 60.7 Å². The maximum absolute atomic E-state index is 13.5. The second kappa shape index (κ2) is 14.0. The first-order valence-corrected chi connectivity index (χ1v) is 13.8.